The lowest BCUT2D eigenvalue weighted by molar-refractivity contribution is -0.937. The van der Waals surface area contributed by atoms with Crippen molar-refractivity contribution >= 4 is 0 Å². The molecule has 0 unspecified atom stereocenters. The van der Waals surface area contributed by atoms with Crippen molar-refractivity contribution in [1.29, 1.82) is 0 Å². The van der Waals surface area contributed by atoms with Crippen molar-refractivity contribution < 1.29 is 8.90 Å². The molecular formula is C11H20NO+. The molecule has 0 aromatic carbocycles. The first-order chi connectivity index (χ1) is 6.26. The summed E-state index contributed by atoms with van der Waals surface area (Å²) in [5.41, 5.74) is 0. The van der Waals surface area contributed by atoms with E-state index in [1.54, 1.807) is 6.26 Å². The molecule has 0 saturated heterocycles. The van der Waals surface area contributed by atoms with Gasteiger partial charge in [-0.05, 0) is 32.9 Å². The van der Waals surface area contributed by atoms with E-state index in [0.717, 1.165) is 16.8 Å². The number of quaternary nitrogens is 1. The van der Waals surface area contributed by atoms with Crippen LogP contribution in [-0.2, 0) is 6.54 Å². The molecule has 0 fully saturated rings. The van der Waals surface area contributed by atoms with E-state index >= 15 is 0 Å². The average molecular weight is 182 g/mol. The fourth-order valence-corrected chi connectivity index (χ4v) is 1.74. The Morgan fingerprint density at radius 2 is 1.77 bits per heavy atom. The highest BCUT2D eigenvalue weighted by atomic mass is 16.3. The highest BCUT2D eigenvalue weighted by Crippen LogP contribution is 2.14. The molecule has 2 heteroatoms. The summed E-state index contributed by atoms with van der Waals surface area (Å²) in [6, 6.07) is 4.03. The molecule has 0 saturated carbocycles. The molecule has 1 aromatic heterocycles. The molecule has 0 aliphatic heterocycles. The van der Waals surface area contributed by atoms with E-state index in [0.29, 0.717) is 0 Å². The van der Waals surface area contributed by atoms with Gasteiger partial charge in [-0.2, -0.15) is 0 Å². The molecule has 0 bridgehead atoms. The Morgan fingerprint density at radius 3 is 2.15 bits per heavy atom. The van der Waals surface area contributed by atoms with Crippen LogP contribution in [0.25, 0.3) is 0 Å². The van der Waals surface area contributed by atoms with Crippen LogP contribution in [0.4, 0.5) is 0 Å². The van der Waals surface area contributed by atoms with Gasteiger partial charge in [0.15, 0.2) is 5.76 Å². The molecule has 1 rings (SSSR count). The minimum atomic E-state index is 1.02. The van der Waals surface area contributed by atoms with Crippen molar-refractivity contribution in [2.45, 2.75) is 27.3 Å². The van der Waals surface area contributed by atoms with E-state index in [9.17, 15) is 0 Å². The maximum atomic E-state index is 5.38. The summed E-state index contributed by atoms with van der Waals surface area (Å²) in [5.74, 6) is 1.10. The fraction of sp³-hybridized carbons (Fsp3) is 0.636. The minimum absolute atomic E-state index is 1.02. The molecule has 13 heavy (non-hydrogen) atoms. The van der Waals surface area contributed by atoms with Gasteiger partial charge in [0.25, 0.3) is 0 Å². The van der Waals surface area contributed by atoms with Crippen molar-refractivity contribution in [2.75, 3.05) is 19.6 Å². The van der Waals surface area contributed by atoms with E-state index in [4.69, 9.17) is 4.42 Å². The molecule has 0 aliphatic carbocycles. The largest absolute Gasteiger partial charge is 0.463 e. The highest BCUT2D eigenvalue weighted by Gasteiger charge is 2.22. The predicted molar refractivity (Wildman–Crippen MR) is 54.3 cm³/mol. The van der Waals surface area contributed by atoms with Crippen molar-refractivity contribution in [3.63, 3.8) is 0 Å². The van der Waals surface area contributed by atoms with E-state index in [2.05, 4.69) is 26.8 Å². The lowest BCUT2D eigenvalue weighted by Crippen LogP contribution is -2.46. The van der Waals surface area contributed by atoms with Gasteiger partial charge in [0, 0.05) is 0 Å². The monoisotopic (exact) mass is 182 g/mol. The Kier molecular flexibility index (Phi) is 3.55. The van der Waals surface area contributed by atoms with Gasteiger partial charge in [0.05, 0.1) is 25.9 Å². The minimum Gasteiger partial charge on any atom is -0.463 e. The molecule has 1 aromatic rings. The van der Waals surface area contributed by atoms with Crippen LogP contribution in [-0.4, -0.2) is 24.1 Å². The van der Waals surface area contributed by atoms with Gasteiger partial charge < -0.3 is 8.90 Å². The topological polar surface area (TPSA) is 13.1 Å². The van der Waals surface area contributed by atoms with Crippen molar-refractivity contribution in [3.8, 4) is 0 Å². The molecule has 1 heterocycles. The number of hydrogen-bond acceptors (Lipinski definition) is 1. The number of furan rings is 1. The molecule has 0 amide bonds. The van der Waals surface area contributed by atoms with Gasteiger partial charge in [-0.25, -0.2) is 0 Å². The van der Waals surface area contributed by atoms with Gasteiger partial charge in [-0.1, -0.05) is 0 Å². The first-order valence-corrected chi connectivity index (χ1v) is 5.13. The Balaban J connectivity index is 2.67. The zero-order valence-electron chi connectivity index (χ0n) is 8.92. The summed E-state index contributed by atoms with van der Waals surface area (Å²) in [6.45, 7) is 11.3. The van der Waals surface area contributed by atoms with E-state index in [-0.39, 0.29) is 0 Å². The van der Waals surface area contributed by atoms with Crippen LogP contribution in [0.5, 0.6) is 0 Å². The third-order valence-corrected chi connectivity index (χ3v) is 3.08. The maximum Gasteiger partial charge on any atom is 0.158 e. The summed E-state index contributed by atoms with van der Waals surface area (Å²) >= 11 is 0. The summed E-state index contributed by atoms with van der Waals surface area (Å²) in [5, 5.41) is 0. The molecular weight excluding hydrogens is 162 g/mol. The van der Waals surface area contributed by atoms with Gasteiger partial charge in [-0.15, -0.1) is 0 Å². The van der Waals surface area contributed by atoms with Crippen LogP contribution in [0, 0.1) is 0 Å². The van der Waals surface area contributed by atoms with Gasteiger partial charge >= 0.3 is 0 Å². The quantitative estimate of drug-likeness (QED) is 0.638. The van der Waals surface area contributed by atoms with Crippen LogP contribution in [0.15, 0.2) is 22.8 Å². The summed E-state index contributed by atoms with van der Waals surface area (Å²) < 4.78 is 6.50. The van der Waals surface area contributed by atoms with Crippen LogP contribution < -0.4 is 0 Å². The summed E-state index contributed by atoms with van der Waals surface area (Å²) in [4.78, 5) is 0. The number of nitrogens with zero attached hydrogens (tertiary/aromatic N) is 1. The lowest BCUT2D eigenvalue weighted by atomic mass is 10.3. The molecule has 0 atom stereocenters. The van der Waals surface area contributed by atoms with Crippen LogP contribution >= 0.6 is 0 Å². The third-order valence-electron chi connectivity index (χ3n) is 3.08. The lowest BCUT2D eigenvalue weighted by Gasteiger charge is -2.34. The fourth-order valence-electron chi connectivity index (χ4n) is 1.74. The van der Waals surface area contributed by atoms with Gasteiger partial charge in [0.2, 0.25) is 0 Å². The second-order valence-corrected chi connectivity index (χ2v) is 3.53. The summed E-state index contributed by atoms with van der Waals surface area (Å²) in [7, 11) is 0. The van der Waals surface area contributed by atoms with Crippen LogP contribution in [0.2, 0.25) is 0 Å². The van der Waals surface area contributed by atoms with E-state index in [1.807, 2.05) is 6.07 Å². The highest BCUT2D eigenvalue weighted by molar-refractivity contribution is 4.96. The normalized spacial score (nSPS) is 11.9. The predicted octanol–water partition coefficient (Wildman–Crippen LogP) is 2.66. The number of hydrogen-bond donors (Lipinski definition) is 0. The molecule has 0 spiro atoms. The number of rotatable bonds is 5. The van der Waals surface area contributed by atoms with Crippen molar-refractivity contribution in [3.05, 3.63) is 24.2 Å². The molecule has 0 N–H and O–H groups in total. The molecule has 74 valence electrons. The first-order valence-electron chi connectivity index (χ1n) is 5.13. The molecule has 0 radical (unpaired) electrons. The first kappa shape index (κ1) is 10.3. The average Bonchev–Trinajstić information content (AvgIpc) is 2.67. The smallest absolute Gasteiger partial charge is 0.158 e. The SMILES string of the molecule is CC[N+](CC)(CC)Cc1ccco1. The summed E-state index contributed by atoms with van der Waals surface area (Å²) in [6.07, 6.45) is 1.75. The van der Waals surface area contributed by atoms with Crippen molar-refractivity contribution in [2.24, 2.45) is 0 Å². The third kappa shape index (κ3) is 2.34. The maximum absolute atomic E-state index is 5.38. The Hall–Kier alpha value is -0.760. The zero-order valence-corrected chi connectivity index (χ0v) is 8.92. The van der Waals surface area contributed by atoms with E-state index in [1.165, 1.54) is 19.6 Å². The van der Waals surface area contributed by atoms with Crippen LogP contribution in [0.3, 0.4) is 0 Å². The van der Waals surface area contributed by atoms with Crippen LogP contribution in [0.1, 0.15) is 26.5 Å². The van der Waals surface area contributed by atoms with Gasteiger partial charge in [-0.3, -0.25) is 0 Å². The van der Waals surface area contributed by atoms with Crippen molar-refractivity contribution in [1.82, 2.24) is 0 Å². The standard InChI is InChI=1S/C11H20NO/c1-4-12(5-2,6-3)10-11-8-7-9-13-11/h7-9H,4-6,10H2,1-3H3/q+1. The Morgan fingerprint density at radius 1 is 1.15 bits per heavy atom. The van der Waals surface area contributed by atoms with E-state index < -0.39 is 0 Å². The molecule has 2 nitrogen and oxygen atoms in total. The Labute approximate surface area is 80.8 Å². The molecule has 0 aliphatic rings. The second kappa shape index (κ2) is 4.47. The zero-order chi connectivity index (χ0) is 9.73. The Bertz CT molecular complexity index is 216. The van der Waals surface area contributed by atoms with Gasteiger partial charge in [0.1, 0.15) is 6.54 Å². The second-order valence-electron chi connectivity index (χ2n) is 3.53.